The van der Waals surface area contributed by atoms with Gasteiger partial charge in [0.05, 0.1) is 11.9 Å². The van der Waals surface area contributed by atoms with E-state index in [-0.39, 0.29) is 5.91 Å². The normalized spacial score (nSPS) is 19.7. The third kappa shape index (κ3) is 5.42. The van der Waals surface area contributed by atoms with Crippen LogP contribution in [-0.4, -0.2) is 62.1 Å². The third-order valence-electron chi connectivity index (χ3n) is 5.81. The largest absolute Gasteiger partial charge is 0.370 e. The number of hydrogen-bond acceptors (Lipinski definition) is 5. The molecule has 0 aliphatic carbocycles. The molecule has 6 nitrogen and oxygen atoms in total. The standard InChI is InChI=1S/C20H33N5O/c1-24(2)17-9-13-25(14-10-17)18-4-5-19(22-15-18)23-20(26)6-3-16-7-11-21-12-8-16/h4-5,15-17,21H,3,6-14H2,1-2H3,(H,22,23,26). The lowest BCUT2D eigenvalue weighted by Crippen LogP contribution is -2.42. The van der Waals surface area contributed by atoms with Crippen LogP contribution >= 0.6 is 0 Å². The molecule has 2 N–H and O–H groups in total. The van der Waals surface area contributed by atoms with E-state index in [1.165, 1.54) is 25.7 Å². The summed E-state index contributed by atoms with van der Waals surface area (Å²) in [5, 5.41) is 6.31. The molecule has 2 fully saturated rings. The van der Waals surface area contributed by atoms with Gasteiger partial charge in [-0.2, -0.15) is 0 Å². The minimum Gasteiger partial charge on any atom is -0.370 e. The molecule has 0 bridgehead atoms. The predicted molar refractivity (Wildman–Crippen MR) is 107 cm³/mol. The zero-order chi connectivity index (χ0) is 18.4. The van der Waals surface area contributed by atoms with Crippen LogP contribution in [0.4, 0.5) is 11.5 Å². The first-order valence-electron chi connectivity index (χ1n) is 10.00. The maximum atomic E-state index is 12.2. The van der Waals surface area contributed by atoms with Crippen molar-refractivity contribution < 1.29 is 4.79 Å². The van der Waals surface area contributed by atoms with Gasteiger partial charge in [-0.05, 0) is 77.3 Å². The average Bonchev–Trinajstić information content (AvgIpc) is 2.68. The van der Waals surface area contributed by atoms with Gasteiger partial charge in [0.25, 0.3) is 0 Å². The lowest BCUT2D eigenvalue weighted by atomic mass is 9.93. The van der Waals surface area contributed by atoms with E-state index in [0.717, 1.165) is 38.3 Å². The summed E-state index contributed by atoms with van der Waals surface area (Å²) in [5.74, 6) is 1.42. The Hall–Kier alpha value is -1.66. The average molecular weight is 360 g/mol. The molecule has 3 rings (SSSR count). The van der Waals surface area contributed by atoms with Crippen molar-refractivity contribution in [2.24, 2.45) is 5.92 Å². The SMILES string of the molecule is CN(C)C1CCN(c2ccc(NC(=O)CCC3CCNCC3)nc2)CC1. The highest BCUT2D eigenvalue weighted by atomic mass is 16.1. The fourth-order valence-electron chi connectivity index (χ4n) is 4.00. The van der Waals surface area contributed by atoms with Crippen LogP contribution in [0.5, 0.6) is 0 Å². The molecule has 6 heteroatoms. The molecule has 1 aromatic heterocycles. The number of anilines is 2. The first-order valence-corrected chi connectivity index (χ1v) is 10.00. The van der Waals surface area contributed by atoms with Gasteiger partial charge in [0.2, 0.25) is 5.91 Å². The monoisotopic (exact) mass is 359 g/mol. The maximum Gasteiger partial charge on any atom is 0.225 e. The lowest BCUT2D eigenvalue weighted by molar-refractivity contribution is -0.116. The van der Waals surface area contributed by atoms with E-state index in [2.05, 4.69) is 45.6 Å². The van der Waals surface area contributed by atoms with E-state index >= 15 is 0 Å². The van der Waals surface area contributed by atoms with Crippen LogP contribution in [0, 0.1) is 5.92 Å². The Bertz CT molecular complexity index is 560. The van der Waals surface area contributed by atoms with E-state index in [0.29, 0.717) is 24.2 Å². The maximum absolute atomic E-state index is 12.2. The summed E-state index contributed by atoms with van der Waals surface area (Å²) in [6, 6.07) is 4.68. The smallest absolute Gasteiger partial charge is 0.225 e. The van der Waals surface area contributed by atoms with Crippen molar-refractivity contribution in [3.63, 3.8) is 0 Å². The summed E-state index contributed by atoms with van der Waals surface area (Å²) in [7, 11) is 4.31. The molecular formula is C20H33N5O. The molecule has 1 amide bonds. The number of pyridine rings is 1. The van der Waals surface area contributed by atoms with Crippen molar-refractivity contribution in [1.82, 2.24) is 15.2 Å². The van der Waals surface area contributed by atoms with E-state index in [4.69, 9.17) is 0 Å². The highest BCUT2D eigenvalue weighted by molar-refractivity contribution is 5.89. The van der Waals surface area contributed by atoms with E-state index < -0.39 is 0 Å². The van der Waals surface area contributed by atoms with Gasteiger partial charge in [-0.25, -0.2) is 4.98 Å². The summed E-state index contributed by atoms with van der Waals surface area (Å²) < 4.78 is 0. The van der Waals surface area contributed by atoms with Crippen LogP contribution in [0.1, 0.15) is 38.5 Å². The molecule has 2 saturated heterocycles. The van der Waals surface area contributed by atoms with E-state index in [9.17, 15) is 4.79 Å². The second kappa shape index (κ2) is 9.33. The molecule has 26 heavy (non-hydrogen) atoms. The van der Waals surface area contributed by atoms with Gasteiger partial charge in [0.1, 0.15) is 5.82 Å². The Morgan fingerprint density at radius 3 is 2.58 bits per heavy atom. The third-order valence-corrected chi connectivity index (χ3v) is 5.81. The Balaban J connectivity index is 1.43. The second-order valence-electron chi connectivity index (χ2n) is 7.86. The number of rotatable bonds is 6. The number of piperidine rings is 2. The second-order valence-corrected chi connectivity index (χ2v) is 7.86. The molecule has 0 aromatic carbocycles. The van der Waals surface area contributed by atoms with E-state index in [1.54, 1.807) is 0 Å². The minimum absolute atomic E-state index is 0.0792. The highest BCUT2D eigenvalue weighted by Crippen LogP contribution is 2.22. The molecule has 0 radical (unpaired) electrons. The van der Waals surface area contributed by atoms with Crippen molar-refractivity contribution >= 4 is 17.4 Å². The Morgan fingerprint density at radius 1 is 1.23 bits per heavy atom. The zero-order valence-electron chi connectivity index (χ0n) is 16.2. The quantitative estimate of drug-likeness (QED) is 0.816. The summed E-state index contributed by atoms with van der Waals surface area (Å²) in [6.07, 6.45) is 8.19. The topological polar surface area (TPSA) is 60.5 Å². The minimum atomic E-state index is 0.0792. The summed E-state index contributed by atoms with van der Waals surface area (Å²) in [6.45, 7) is 4.29. The molecule has 0 spiro atoms. The molecule has 0 unspecified atom stereocenters. The molecule has 3 heterocycles. The van der Waals surface area contributed by atoms with Crippen LogP contribution in [0.3, 0.4) is 0 Å². The van der Waals surface area contributed by atoms with Gasteiger partial charge in [0, 0.05) is 25.6 Å². The van der Waals surface area contributed by atoms with Crippen molar-refractivity contribution in [3.05, 3.63) is 18.3 Å². The molecule has 2 aliphatic heterocycles. The number of hydrogen-bond donors (Lipinski definition) is 2. The molecule has 2 aliphatic rings. The first kappa shape index (κ1) is 19.1. The van der Waals surface area contributed by atoms with Gasteiger partial charge < -0.3 is 20.4 Å². The number of carbonyl (C=O) groups is 1. The number of amides is 1. The van der Waals surface area contributed by atoms with Gasteiger partial charge >= 0.3 is 0 Å². The fraction of sp³-hybridized carbons (Fsp3) is 0.700. The molecule has 0 saturated carbocycles. The highest BCUT2D eigenvalue weighted by Gasteiger charge is 2.21. The van der Waals surface area contributed by atoms with Crippen LogP contribution in [0.15, 0.2) is 18.3 Å². The summed E-state index contributed by atoms with van der Waals surface area (Å²) in [5.41, 5.74) is 1.15. The summed E-state index contributed by atoms with van der Waals surface area (Å²) in [4.78, 5) is 21.3. The number of nitrogens with zero attached hydrogens (tertiary/aromatic N) is 3. The van der Waals surface area contributed by atoms with Crippen molar-refractivity contribution in [3.8, 4) is 0 Å². The number of aromatic nitrogens is 1. The van der Waals surface area contributed by atoms with Crippen LogP contribution < -0.4 is 15.5 Å². The predicted octanol–water partition coefficient (Wildman–Crippen LogP) is 2.33. The van der Waals surface area contributed by atoms with Crippen molar-refractivity contribution in [1.29, 1.82) is 0 Å². The van der Waals surface area contributed by atoms with Crippen LogP contribution in [0.25, 0.3) is 0 Å². The Labute approximate surface area is 157 Å². The molecule has 0 atom stereocenters. The lowest BCUT2D eigenvalue weighted by Gasteiger charge is -2.36. The molecular weight excluding hydrogens is 326 g/mol. The van der Waals surface area contributed by atoms with Gasteiger partial charge in [-0.3, -0.25) is 4.79 Å². The Morgan fingerprint density at radius 2 is 1.96 bits per heavy atom. The van der Waals surface area contributed by atoms with Gasteiger partial charge in [-0.15, -0.1) is 0 Å². The molecule has 1 aromatic rings. The molecule has 144 valence electrons. The fourth-order valence-corrected chi connectivity index (χ4v) is 4.00. The number of nitrogens with one attached hydrogen (secondary N) is 2. The van der Waals surface area contributed by atoms with Crippen molar-refractivity contribution in [2.75, 3.05) is 50.5 Å². The van der Waals surface area contributed by atoms with E-state index in [1.807, 2.05) is 12.3 Å². The van der Waals surface area contributed by atoms with Gasteiger partial charge in [0.15, 0.2) is 0 Å². The summed E-state index contributed by atoms with van der Waals surface area (Å²) >= 11 is 0. The Kier molecular flexibility index (Phi) is 6.86. The van der Waals surface area contributed by atoms with Crippen LogP contribution in [-0.2, 0) is 4.79 Å². The van der Waals surface area contributed by atoms with Crippen molar-refractivity contribution in [2.45, 2.75) is 44.6 Å². The number of carbonyl (C=O) groups excluding carboxylic acids is 1. The van der Waals surface area contributed by atoms with Crippen LogP contribution in [0.2, 0.25) is 0 Å². The zero-order valence-corrected chi connectivity index (χ0v) is 16.2. The van der Waals surface area contributed by atoms with Gasteiger partial charge in [-0.1, -0.05) is 0 Å². The first-order chi connectivity index (χ1) is 12.6.